The monoisotopic (exact) mass is 403 g/mol. The molecule has 152 valence electrons. The second-order valence-electron chi connectivity index (χ2n) is 7.82. The van der Waals surface area contributed by atoms with Crippen LogP contribution in [0.5, 0.6) is 0 Å². The fourth-order valence-corrected chi connectivity index (χ4v) is 3.72. The molecular formula is C22H21N5O3. The smallest absolute Gasteiger partial charge is 0.291 e. The SMILES string of the molecule is O=C(c1ncc(-c2ccc3ncccc3c2)cn1)N1CCN(C(=O)C2(O)CC2)CC1. The van der Waals surface area contributed by atoms with Gasteiger partial charge >= 0.3 is 0 Å². The number of hydrogen-bond acceptors (Lipinski definition) is 6. The number of rotatable bonds is 3. The van der Waals surface area contributed by atoms with Crippen LogP contribution in [0.25, 0.3) is 22.0 Å². The number of carbonyl (C=O) groups is 2. The Balaban J connectivity index is 1.26. The molecule has 3 heterocycles. The van der Waals surface area contributed by atoms with Crippen LogP contribution < -0.4 is 0 Å². The van der Waals surface area contributed by atoms with E-state index in [0.717, 1.165) is 22.0 Å². The topological polar surface area (TPSA) is 99.5 Å². The van der Waals surface area contributed by atoms with Crippen molar-refractivity contribution >= 4 is 22.7 Å². The molecule has 0 unspecified atom stereocenters. The van der Waals surface area contributed by atoms with Crippen LogP contribution in [0.2, 0.25) is 0 Å². The lowest BCUT2D eigenvalue weighted by Gasteiger charge is -2.35. The molecule has 0 spiro atoms. The average molecular weight is 403 g/mol. The molecule has 2 aliphatic rings. The number of pyridine rings is 1. The highest BCUT2D eigenvalue weighted by Crippen LogP contribution is 2.37. The predicted octanol–water partition coefficient (Wildman–Crippen LogP) is 1.50. The van der Waals surface area contributed by atoms with Crippen LogP contribution in [-0.4, -0.2) is 73.5 Å². The van der Waals surface area contributed by atoms with Crippen molar-refractivity contribution in [1.29, 1.82) is 0 Å². The van der Waals surface area contributed by atoms with Gasteiger partial charge in [0.15, 0.2) is 0 Å². The Kier molecular flexibility index (Phi) is 4.43. The van der Waals surface area contributed by atoms with Crippen LogP contribution in [0.4, 0.5) is 0 Å². The maximum Gasteiger partial charge on any atom is 0.291 e. The minimum Gasteiger partial charge on any atom is -0.380 e. The van der Waals surface area contributed by atoms with Crippen molar-refractivity contribution in [3.63, 3.8) is 0 Å². The van der Waals surface area contributed by atoms with Gasteiger partial charge in [-0.3, -0.25) is 14.6 Å². The number of aliphatic hydroxyl groups is 1. The lowest BCUT2D eigenvalue weighted by atomic mass is 10.1. The second-order valence-corrected chi connectivity index (χ2v) is 7.82. The van der Waals surface area contributed by atoms with Gasteiger partial charge in [0, 0.05) is 55.7 Å². The van der Waals surface area contributed by atoms with Crippen molar-refractivity contribution < 1.29 is 14.7 Å². The summed E-state index contributed by atoms with van der Waals surface area (Å²) < 4.78 is 0. The average Bonchev–Trinajstić information content (AvgIpc) is 3.56. The summed E-state index contributed by atoms with van der Waals surface area (Å²) in [5.74, 6) is -0.330. The van der Waals surface area contributed by atoms with E-state index in [-0.39, 0.29) is 17.6 Å². The summed E-state index contributed by atoms with van der Waals surface area (Å²) in [7, 11) is 0. The Labute approximate surface area is 173 Å². The van der Waals surface area contributed by atoms with Gasteiger partial charge in [0.25, 0.3) is 11.8 Å². The number of nitrogens with zero attached hydrogens (tertiary/aromatic N) is 5. The summed E-state index contributed by atoms with van der Waals surface area (Å²) >= 11 is 0. The highest BCUT2D eigenvalue weighted by atomic mass is 16.3. The molecule has 0 atom stereocenters. The molecule has 1 aliphatic carbocycles. The van der Waals surface area contributed by atoms with Gasteiger partial charge in [-0.1, -0.05) is 12.1 Å². The second kappa shape index (κ2) is 7.14. The van der Waals surface area contributed by atoms with Crippen LogP contribution in [0.3, 0.4) is 0 Å². The fraction of sp³-hybridized carbons (Fsp3) is 0.318. The molecule has 1 saturated heterocycles. The Morgan fingerprint density at radius 1 is 0.900 bits per heavy atom. The Morgan fingerprint density at radius 3 is 2.30 bits per heavy atom. The molecule has 2 fully saturated rings. The molecule has 8 nitrogen and oxygen atoms in total. The maximum absolute atomic E-state index is 12.7. The molecule has 1 aromatic carbocycles. The number of hydrogen-bond donors (Lipinski definition) is 1. The standard InChI is InChI=1S/C22H21N5O3/c28-20(26-8-10-27(11-9-26)21(29)22(30)5-6-22)19-24-13-17(14-25-19)15-3-4-18-16(12-15)2-1-7-23-18/h1-4,7,12-14,30H,5-6,8-11H2. The van der Waals surface area contributed by atoms with Gasteiger partial charge in [0.05, 0.1) is 5.52 Å². The summed E-state index contributed by atoms with van der Waals surface area (Å²) in [4.78, 5) is 41.1. The first-order valence-corrected chi connectivity index (χ1v) is 10.0. The zero-order valence-electron chi connectivity index (χ0n) is 16.4. The normalized spacial score (nSPS) is 17.8. The van der Waals surface area contributed by atoms with E-state index in [9.17, 15) is 14.7 Å². The van der Waals surface area contributed by atoms with Crippen molar-refractivity contribution in [1.82, 2.24) is 24.8 Å². The molecule has 0 bridgehead atoms. The third-order valence-electron chi connectivity index (χ3n) is 5.76. The number of amides is 2. The predicted molar refractivity (Wildman–Crippen MR) is 109 cm³/mol. The quantitative estimate of drug-likeness (QED) is 0.712. The first-order chi connectivity index (χ1) is 14.5. The Morgan fingerprint density at radius 2 is 1.60 bits per heavy atom. The van der Waals surface area contributed by atoms with E-state index < -0.39 is 5.60 Å². The Bertz CT molecular complexity index is 1120. The van der Waals surface area contributed by atoms with E-state index in [2.05, 4.69) is 15.0 Å². The molecular weight excluding hydrogens is 382 g/mol. The van der Waals surface area contributed by atoms with Gasteiger partial charge in [-0.15, -0.1) is 0 Å². The van der Waals surface area contributed by atoms with Crippen molar-refractivity contribution in [2.75, 3.05) is 26.2 Å². The molecule has 30 heavy (non-hydrogen) atoms. The van der Waals surface area contributed by atoms with E-state index in [1.54, 1.807) is 28.4 Å². The first kappa shape index (κ1) is 18.6. The molecule has 5 rings (SSSR count). The lowest BCUT2D eigenvalue weighted by Crippen LogP contribution is -2.53. The lowest BCUT2D eigenvalue weighted by molar-refractivity contribution is -0.143. The van der Waals surface area contributed by atoms with Crippen molar-refractivity contribution in [2.24, 2.45) is 0 Å². The molecule has 8 heteroatoms. The zero-order valence-corrected chi connectivity index (χ0v) is 16.4. The Hall–Kier alpha value is -3.39. The summed E-state index contributed by atoms with van der Waals surface area (Å²) in [6.07, 6.45) is 6.12. The van der Waals surface area contributed by atoms with Crippen molar-refractivity contribution in [3.8, 4) is 11.1 Å². The molecule has 1 saturated carbocycles. The highest BCUT2D eigenvalue weighted by molar-refractivity contribution is 5.92. The van der Waals surface area contributed by atoms with Crippen LogP contribution in [0, 0.1) is 0 Å². The van der Waals surface area contributed by atoms with Gasteiger partial charge in [-0.25, -0.2) is 9.97 Å². The molecule has 1 aliphatic heterocycles. The van der Waals surface area contributed by atoms with E-state index in [4.69, 9.17) is 0 Å². The first-order valence-electron chi connectivity index (χ1n) is 10.0. The minimum atomic E-state index is -1.16. The fourth-order valence-electron chi connectivity index (χ4n) is 3.72. The van der Waals surface area contributed by atoms with Crippen LogP contribution >= 0.6 is 0 Å². The number of fused-ring (bicyclic) bond motifs is 1. The summed E-state index contributed by atoms with van der Waals surface area (Å²) in [5, 5.41) is 11.0. The van der Waals surface area contributed by atoms with E-state index in [1.165, 1.54) is 0 Å². The van der Waals surface area contributed by atoms with Crippen LogP contribution in [-0.2, 0) is 4.79 Å². The van der Waals surface area contributed by atoms with E-state index in [0.29, 0.717) is 39.0 Å². The number of piperazine rings is 1. The van der Waals surface area contributed by atoms with Crippen LogP contribution in [0.1, 0.15) is 23.5 Å². The van der Waals surface area contributed by atoms with Gasteiger partial charge < -0.3 is 14.9 Å². The highest BCUT2D eigenvalue weighted by Gasteiger charge is 2.50. The summed E-state index contributed by atoms with van der Waals surface area (Å²) in [5.41, 5.74) is 1.54. The van der Waals surface area contributed by atoms with Gasteiger partial charge in [-0.05, 0) is 36.6 Å². The molecule has 3 aromatic rings. The molecule has 2 aromatic heterocycles. The third-order valence-corrected chi connectivity index (χ3v) is 5.76. The zero-order chi connectivity index (χ0) is 20.7. The van der Waals surface area contributed by atoms with E-state index >= 15 is 0 Å². The van der Waals surface area contributed by atoms with Gasteiger partial charge in [0.2, 0.25) is 5.82 Å². The van der Waals surface area contributed by atoms with Crippen LogP contribution in [0.15, 0.2) is 48.9 Å². The number of aromatic nitrogens is 3. The molecule has 2 amide bonds. The van der Waals surface area contributed by atoms with Crippen molar-refractivity contribution in [3.05, 3.63) is 54.7 Å². The molecule has 0 radical (unpaired) electrons. The van der Waals surface area contributed by atoms with Gasteiger partial charge in [0.1, 0.15) is 5.60 Å². The van der Waals surface area contributed by atoms with E-state index in [1.807, 2.05) is 30.3 Å². The summed E-state index contributed by atoms with van der Waals surface area (Å²) in [6.45, 7) is 1.64. The largest absolute Gasteiger partial charge is 0.380 e. The number of benzene rings is 1. The third kappa shape index (κ3) is 3.39. The van der Waals surface area contributed by atoms with Gasteiger partial charge in [-0.2, -0.15) is 0 Å². The van der Waals surface area contributed by atoms with Crippen molar-refractivity contribution in [2.45, 2.75) is 18.4 Å². The molecule has 1 N–H and O–H groups in total. The maximum atomic E-state index is 12.7. The minimum absolute atomic E-state index is 0.141. The summed E-state index contributed by atoms with van der Waals surface area (Å²) in [6, 6.07) is 9.81. The number of carbonyl (C=O) groups excluding carboxylic acids is 2.